The first-order valence-electron chi connectivity index (χ1n) is 10.6. The van der Waals surface area contributed by atoms with Crippen molar-refractivity contribution in [1.82, 2.24) is 19.6 Å². The molecule has 0 aliphatic heterocycles. The molecular formula is C23H22N6O4. The van der Waals surface area contributed by atoms with Crippen LogP contribution in [-0.2, 0) is 4.79 Å². The number of anilines is 2. The fraction of sp³-hybridized carbons (Fsp3) is 0.261. The van der Waals surface area contributed by atoms with Crippen LogP contribution in [0.5, 0.6) is 11.6 Å². The highest BCUT2D eigenvalue weighted by molar-refractivity contribution is 6.03. The number of benzene rings is 1. The molecule has 1 aromatic carbocycles. The average molecular weight is 446 g/mol. The van der Waals surface area contributed by atoms with Crippen molar-refractivity contribution in [2.24, 2.45) is 5.92 Å². The quantitative estimate of drug-likeness (QED) is 0.458. The number of hydrogen-bond acceptors (Lipinski definition) is 7. The Morgan fingerprint density at radius 2 is 1.91 bits per heavy atom. The smallest absolute Gasteiger partial charge is 0.293 e. The van der Waals surface area contributed by atoms with Gasteiger partial charge >= 0.3 is 0 Å². The van der Waals surface area contributed by atoms with Crippen LogP contribution in [0, 0.1) is 26.7 Å². The second kappa shape index (κ2) is 8.05. The third-order valence-corrected chi connectivity index (χ3v) is 5.28. The van der Waals surface area contributed by atoms with Gasteiger partial charge in [0, 0.05) is 30.7 Å². The molecule has 5 rings (SSSR count). The summed E-state index contributed by atoms with van der Waals surface area (Å²) in [5.41, 5.74) is 2.56. The minimum atomic E-state index is -0.382. The van der Waals surface area contributed by atoms with Crippen molar-refractivity contribution in [2.45, 2.75) is 33.6 Å². The van der Waals surface area contributed by atoms with Crippen molar-refractivity contribution in [2.75, 3.05) is 10.6 Å². The molecule has 2 amide bonds. The zero-order valence-electron chi connectivity index (χ0n) is 18.4. The molecule has 168 valence electrons. The topological polar surface area (TPSA) is 124 Å². The van der Waals surface area contributed by atoms with Crippen molar-refractivity contribution in [3.63, 3.8) is 0 Å². The Bertz CT molecular complexity index is 1390. The average Bonchev–Trinajstić information content (AvgIpc) is 3.46. The van der Waals surface area contributed by atoms with Gasteiger partial charge in [0.05, 0.1) is 11.9 Å². The molecule has 0 radical (unpaired) electrons. The fourth-order valence-corrected chi connectivity index (χ4v) is 3.39. The lowest BCUT2D eigenvalue weighted by molar-refractivity contribution is -0.117. The van der Waals surface area contributed by atoms with Gasteiger partial charge in [-0.05, 0) is 44.4 Å². The SMILES string of the molecule is Cc1nc(C)c(C(=O)Nc2cc(Oc3ccc4nc(NC(=O)C5CC5)cn4n3)ccc2C)o1. The van der Waals surface area contributed by atoms with Crippen LogP contribution in [-0.4, -0.2) is 31.4 Å². The van der Waals surface area contributed by atoms with E-state index in [0.717, 1.165) is 18.4 Å². The van der Waals surface area contributed by atoms with Gasteiger partial charge in [0.25, 0.3) is 5.91 Å². The maximum Gasteiger partial charge on any atom is 0.293 e. The van der Waals surface area contributed by atoms with Crippen LogP contribution in [0.15, 0.2) is 40.9 Å². The molecule has 2 N–H and O–H groups in total. The largest absolute Gasteiger partial charge is 0.438 e. The third kappa shape index (κ3) is 4.40. The monoisotopic (exact) mass is 446 g/mol. The van der Waals surface area contributed by atoms with Gasteiger partial charge in [0.2, 0.25) is 17.5 Å². The van der Waals surface area contributed by atoms with Gasteiger partial charge in [-0.1, -0.05) is 6.07 Å². The van der Waals surface area contributed by atoms with Crippen LogP contribution >= 0.6 is 0 Å². The molecule has 10 heteroatoms. The lowest BCUT2D eigenvalue weighted by Crippen LogP contribution is -2.13. The number of hydrogen-bond donors (Lipinski definition) is 2. The summed E-state index contributed by atoms with van der Waals surface area (Å²) in [5, 5.41) is 10.1. The van der Waals surface area contributed by atoms with E-state index in [2.05, 4.69) is 25.7 Å². The van der Waals surface area contributed by atoms with E-state index in [-0.39, 0.29) is 23.5 Å². The second-order valence-electron chi connectivity index (χ2n) is 8.04. The van der Waals surface area contributed by atoms with E-state index < -0.39 is 0 Å². The van der Waals surface area contributed by atoms with Crippen LogP contribution in [0.4, 0.5) is 11.5 Å². The number of oxazole rings is 1. The standard InChI is InChI=1S/C23H22N6O4/c1-12-4-7-16(10-17(12)25-23(31)21-13(2)24-14(3)32-21)33-20-9-8-19-26-18(11-29(19)28-20)27-22(30)15-5-6-15/h4,7-11,15H,5-6H2,1-3H3,(H,25,31)(H,27,30). The zero-order valence-corrected chi connectivity index (χ0v) is 18.4. The van der Waals surface area contributed by atoms with Crippen LogP contribution < -0.4 is 15.4 Å². The molecule has 33 heavy (non-hydrogen) atoms. The van der Waals surface area contributed by atoms with Crippen LogP contribution in [0.2, 0.25) is 0 Å². The Morgan fingerprint density at radius 3 is 2.64 bits per heavy atom. The highest BCUT2D eigenvalue weighted by atomic mass is 16.5. The number of amides is 2. The number of carbonyl (C=O) groups is 2. The number of ether oxygens (including phenoxy) is 1. The Labute approximate surface area is 189 Å². The number of nitrogens with zero attached hydrogens (tertiary/aromatic N) is 4. The van der Waals surface area contributed by atoms with Gasteiger partial charge in [-0.3, -0.25) is 9.59 Å². The minimum absolute atomic E-state index is 0.0141. The minimum Gasteiger partial charge on any atom is -0.438 e. The maximum absolute atomic E-state index is 12.6. The van der Waals surface area contributed by atoms with Gasteiger partial charge in [-0.2, -0.15) is 0 Å². The molecule has 0 bridgehead atoms. The number of aryl methyl sites for hydroxylation is 3. The van der Waals surface area contributed by atoms with Gasteiger partial charge in [-0.25, -0.2) is 14.5 Å². The molecule has 3 heterocycles. The van der Waals surface area contributed by atoms with E-state index in [1.54, 1.807) is 48.8 Å². The predicted molar refractivity (Wildman–Crippen MR) is 120 cm³/mol. The Hall–Kier alpha value is -4.21. The second-order valence-corrected chi connectivity index (χ2v) is 8.04. The highest BCUT2D eigenvalue weighted by Crippen LogP contribution is 2.30. The molecule has 1 fully saturated rings. The number of fused-ring (bicyclic) bond motifs is 1. The molecule has 1 aliphatic carbocycles. The van der Waals surface area contributed by atoms with E-state index in [1.807, 2.05) is 13.0 Å². The molecule has 1 aliphatic rings. The summed E-state index contributed by atoms with van der Waals surface area (Å²) in [4.78, 5) is 33.1. The molecule has 3 aromatic heterocycles. The van der Waals surface area contributed by atoms with Crippen molar-refractivity contribution in [3.05, 3.63) is 59.4 Å². The van der Waals surface area contributed by atoms with E-state index in [1.165, 1.54) is 0 Å². The Morgan fingerprint density at radius 1 is 1.09 bits per heavy atom. The number of imidazole rings is 1. The number of aromatic nitrogens is 4. The molecule has 0 atom stereocenters. The van der Waals surface area contributed by atoms with Crippen molar-refractivity contribution in [1.29, 1.82) is 0 Å². The molecule has 1 saturated carbocycles. The maximum atomic E-state index is 12.6. The molecule has 0 spiro atoms. The van der Waals surface area contributed by atoms with Gasteiger partial charge in [0.15, 0.2) is 17.4 Å². The van der Waals surface area contributed by atoms with E-state index in [0.29, 0.717) is 40.4 Å². The van der Waals surface area contributed by atoms with E-state index >= 15 is 0 Å². The van der Waals surface area contributed by atoms with Gasteiger partial charge in [-0.15, -0.1) is 5.10 Å². The molecule has 0 unspecified atom stereocenters. The number of nitrogens with one attached hydrogen (secondary N) is 2. The first kappa shape index (κ1) is 20.7. The lowest BCUT2D eigenvalue weighted by atomic mass is 10.2. The fourth-order valence-electron chi connectivity index (χ4n) is 3.39. The van der Waals surface area contributed by atoms with Crippen molar-refractivity contribution < 1.29 is 18.7 Å². The number of carbonyl (C=O) groups excluding carboxylic acids is 2. The van der Waals surface area contributed by atoms with Crippen LogP contribution in [0.3, 0.4) is 0 Å². The van der Waals surface area contributed by atoms with Gasteiger partial charge in [0.1, 0.15) is 5.75 Å². The summed E-state index contributed by atoms with van der Waals surface area (Å²) in [5.74, 6) is 1.59. The summed E-state index contributed by atoms with van der Waals surface area (Å²) in [6.45, 7) is 5.29. The van der Waals surface area contributed by atoms with Crippen LogP contribution in [0.25, 0.3) is 5.65 Å². The van der Waals surface area contributed by atoms with E-state index in [9.17, 15) is 9.59 Å². The summed E-state index contributed by atoms with van der Waals surface area (Å²) in [6.07, 6.45) is 3.49. The highest BCUT2D eigenvalue weighted by Gasteiger charge is 2.30. The summed E-state index contributed by atoms with van der Waals surface area (Å²) in [6, 6.07) is 8.78. The Kier molecular flexibility index (Phi) is 5.04. The first-order chi connectivity index (χ1) is 15.9. The van der Waals surface area contributed by atoms with Gasteiger partial charge < -0.3 is 19.8 Å². The van der Waals surface area contributed by atoms with E-state index in [4.69, 9.17) is 9.15 Å². The molecule has 0 saturated heterocycles. The molecule has 10 nitrogen and oxygen atoms in total. The summed E-state index contributed by atoms with van der Waals surface area (Å²) >= 11 is 0. The van der Waals surface area contributed by atoms with Crippen molar-refractivity contribution in [3.8, 4) is 11.6 Å². The van der Waals surface area contributed by atoms with Crippen molar-refractivity contribution >= 4 is 29.0 Å². The lowest BCUT2D eigenvalue weighted by Gasteiger charge is -2.10. The molecular weight excluding hydrogens is 424 g/mol. The predicted octanol–water partition coefficient (Wildman–Crippen LogP) is 4.04. The summed E-state index contributed by atoms with van der Waals surface area (Å²) < 4.78 is 12.8. The zero-order chi connectivity index (χ0) is 23.1. The number of rotatable bonds is 6. The van der Waals surface area contributed by atoms with Crippen LogP contribution in [0.1, 0.15) is 40.5 Å². The summed E-state index contributed by atoms with van der Waals surface area (Å²) in [7, 11) is 0. The first-order valence-corrected chi connectivity index (χ1v) is 10.6. The normalized spacial score (nSPS) is 13.2. The Balaban J connectivity index is 1.32. The molecule has 4 aromatic rings. The third-order valence-electron chi connectivity index (χ3n) is 5.28.